The normalized spacial score (nSPS) is 13.2. The molecule has 0 bridgehead atoms. The number of hydrogen-bond acceptors (Lipinski definition) is 4. The van der Waals surface area contributed by atoms with Crippen LogP contribution in [0.4, 0.5) is 4.39 Å². The summed E-state index contributed by atoms with van der Waals surface area (Å²) in [5.74, 6) is 0.720. The summed E-state index contributed by atoms with van der Waals surface area (Å²) in [6, 6.07) is 11.0. The van der Waals surface area contributed by atoms with Crippen LogP contribution in [0.3, 0.4) is 0 Å². The molecule has 2 aromatic carbocycles. The smallest absolute Gasteiger partial charge is 0.243 e. The van der Waals surface area contributed by atoms with Gasteiger partial charge in [-0.3, -0.25) is 9.59 Å². The van der Waals surface area contributed by atoms with Crippen LogP contribution >= 0.6 is 0 Å². The molecule has 0 aliphatic carbocycles. The van der Waals surface area contributed by atoms with Gasteiger partial charge in [0, 0.05) is 19.0 Å². The number of aryl methyl sites for hydroxylation is 1. The minimum Gasteiger partial charge on any atom is -0.454 e. The van der Waals surface area contributed by atoms with Crippen LogP contribution in [0.25, 0.3) is 0 Å². The third-order valence-corrected chi connectivity index (χ3v) is 5.15. The largest absolute Gasteiger partial charge is 0.454 e. The minimum absolute atomic E-state index is 0.0297. The molecule has 1 N–H and O–H groups in total. The third kappa shape index (κ3) is 5.96. The average molecular weight is 429 g/mol. The number of benzene rings is 2. The minimum atomic E-state index is -0.600. The van der Waals surface area contributed by atoms with Crippen molar-refractivity contribution in [3.05, 3.63) is 59.4 Å². The van der Waals surface area contributed by atoms with Crippen molar-refractivity contribution < 1.29 is 23.5 Å². The molecular weight excluding hydrogens is 399 g/mol. The lowest BCUT2D eigenvalue weighted by Crippen LogP contribution is -2.50. The molecule has 6 nitrogen and oxygen atoms in total. The predicted molar refractivity (Wildman–Crippen MR) is 115 cm³/mol. The van der Waals surface area contributed by atoms with Gasteiger partial charge < -0.3 is 19.7 Å². The van der Waals surface area contributed by atoms with Crippen molar-refractivity contribution in [3.8, 4) is 11.5 Å². The number of amides is 2. The third-order valence-electron chi connectivity index (χ3n) is 5.15. The van der Waals surface area contributed by atoms with Gasteiger partial charge in [0.2, 0.25) is 18.6 Å². The Hall–Kier alpha value is -3.09. The predicted octanol–water partition coefficient (Wildman–Crippen LogP) is 3.82. The van der Waals surface area contributed by atoms with Crippen LogP contribution < -0.4 is 14.8 Å². The maximum Gasteiger partial charge on any atom is 0.243 e. The average Bonchev–Trinajstić information content (AvgIpc) is 3.20. The zero-order valence-electron chi connectivity index (χ0n) is 18.2. The molecule has 1 aliphatic heterocycles. The van der Waals surface area contributed by atoms with Gasteiger partial charge in [-0.05, 0) is 62.1 Å². The summed E-state index contributed by atoms with van der Waals surface area (Å²) in [5, 5.41) is 2.90. The molecule has 1 atom stereocenters. The lowest BCUT2D eigenvalue weighted by molar-refractivity contribution is -0.141. The molecular formula is C24H29FN2O4. The SMILES string of the molecule is CC[C@H](C(=O)NC(C)C)N(Cc1ccc(F)cc1)C(=O)CCc1ccc2c(c1)OCO2. The Morgan fingerprint density at radius 2 is 1.74 bits per heavy atom. The topological polar surface area (TPSA) is 67.9 Å². The van der Waals surface area contributed by atoms with Crippen molar-refractivity contribution in [2.45, 2.75) is 58.7 Å². The van der Waals surface area contributed by atoms with Crippen LogP contribution in [-0.4, -0.2) is 35.6 Å². The number of nitrogens with one attached hydrogen (secondary N) is 1. The van der Waals surface area contributed by atoms with Crippen molar-refractivity contribution in [1.82, 2.24) is 10.2 Å². The Morgan fingerprint density at radius 1 is 1.06 bits per heavy atom. The highest BCUT2D eigenvalue weighted by molar-refractivity contribution is 5.87. The molecule has 2 amide bonds. The van der Waals surface area contributed by atoms with Gasteiger partial charge in [0.05, 0.1) is 0 Å². The van der Waals surface area contributed by atoms with Crippen LogP contribution in [0.1, 0.15) is 44.7 Å². The Kier molecular flexibility index (Phi) is 7.50. The number of carbonyl (C=O) groups excluding carboxylic acids is 2. The van der Waals surface area contributed by atoms with Gasteiger partial charge in [-0.15, -0.1) is 0 Å². The lowest BCUT2D eigenvalue weighted by Gasteiger charge is -2.31. The standard InChI is InChI=1S/C24H29FN2O4/c1-4-20(24(29)26-16(2)3)27(14-18-5-9-19(25)10-6-18)23(28)12-8-17-7-11-21-22(13-17)31-15-30-21/h5-7,9-11,13,16,20H,4,8,12,14-15H2,1-3H3,(H,26,29)/t20-/m1/s1. The molecule has 2 aromatic rings. The van der Waals surface area contributed by atoms with Crippen LogP contribution in [-0.2, 0) is 22.6 Å². The van der Waals surface area contributed by atoms with Crippen molar-refractivity contribution in [3.63, 3.8) is 0 Å². The molecule has 0 aromatic heterocycles. The first-order valence-corrected chi connectivity index (χ1v) is 10.6. The first kappa shape index (κ1) is 22.6. The first-order chi connectivity index (χ1) is 14.9. The Balaban J connectivity index is 1.75. The molecule has 31 heavy (non-hydrogen) atoms. The van der Waals surface area contributed by atoms with Crippen molar-refractivity contribution >= 4 is 11.8 Å². The fourth-order valence-electron chi connectivity index (χ4n) is 3.58. The highest BCUT2D eigenvalue weighted by Gasteiger charge is 2.28. The van der Waals surface area contributed by atoms with E-state index >= 15 is 0 Å². The molecule has 0 unspecified atom stereocenters. The number of fused-ring (bicyclic) bond motifs is 1. The van der Waals surface area contributed by atoms with E-state index < -0.39 is 6.04 Å². The molecule has 0 fully saturated rings. The van der Waals surface area contributed by atoms with Crippen molar-refractivity contribution in [2.75, 3.05) is 6.79 Å². The number of halogens is 1. The summed E-state index contributed by atoms with van der Waals surface area (Å²) in [6.45, 7) is 6.09. The van der Waals surface area contributed by atoms with Gasteiger partial charge >= 0.3 is 0 Å². The number of ether oxygens (including phenoxy) is 2. The van der Waals surface area contributed by atoms with Gasteiger partial charge in [0.1, 0.15) is 11.9 Å². The quantitative estimate of drug-likeness (QED) is 0.659. The van der Waals surface area contributed by atoms with Gasteiger partial charge in [-0.1, -0.05) is 25.1 Å². The van der Waals surface area contributed by atoms with Crippen LogP contribution in [0.5, 0.6) is 11.5 Å². The van der Waals surface area contributed by atoms with Crippen molar-refractivity contribution in [1.29, 1.82) is 0 Å². The van der Waals surface area contributed by atoms with E-state index in [1.807, 2.05) is 39.0 Å². The summed E-state index contributed by atoms with van der Waals surface area (Å²) in [6.07, 6.45) is 1.24. The summed E-state index contributed by atoms with van der Waals surface area (Å²) in [5.41, 5.74) is 1.73. The molecule has 0 saturated carbocycles. The van der Waals surface area contributed by atoms with Crippen LogP contribution in [0, 0.1) is 5.82 Å². The number of carbonyl (C=O) groups is 2. The fourth-order valence-corrected chi connectivity index (χ4v) is 3.58. The maximum absolute atomic E-state index is 13.3. The zero-order chi connectivity index (χ0) is 22.4. The Morgan fingerprint density at radius 3 is 2.42 bits per heavy atom. The van der Waals surface area contributed by atoms with Gasteiger partial charge in [0.25, 0.3) is 0 Å². The van der Waals surface area contributed by atoms with Crippen molar-refractivity contribution in [2.24, 2.45) is 0 Å². The van der Waals surface area contributed by atoms with Crippen LogP contribution in [0.15, 0.2) is 42.5 Å². The fraction of sp³-hybridized carbons (Fsp3) is 0.417. The van der Waals surface area contributed by atoms with E-state index in [4.69, 9.17) is 9.47 Å². The molecule has 1 heterocycles. The second-order valence-corrected chi connectivity index (χ2v) is 7.92. The first-order valence-electron chi connectivity index (χ1n) is 10.6. The van der Waals surface area contributed by atoms with E-state index in [1.54, 1.807) is 17.0 Å². The van der Waals surface area contributed by atoms with Gasteiger partial charge in [0.15, 0.2) is 11.5 Å². The highest BCUT2D eigenvalue weighted by Crippen LogP contribution is 2.32. The summed E-state index contributed by atoms with van der Waals surface area (Å²) < 4.78 is 24.1. The lowest BCUT2D eigenvalue weighted by atomic mass is 10.1. The highest BCUT2D eigenvalue weighted by atomic mass is 19.1. The van der Waals surface area contributed by atoms with E-state index in [1.165, 1.54) is 12.1 Å². The van der Waals surface area contributed by atoms with Gasteiger partial charge in [-0.25, -0.2) is 4.39 Å². The molecule has 7 heteroatoms. The van der Waals surface area contributed by atoms with E-state index in [2.05, 4.69) is 5.32 Å². The second-order valence-electron chi connectivity index (χ2n) is 7.92. The van der Waals surface area contributed by atoms with E-state index in [9.17, 15) is 14.0 Å². The molecule has 1 aliphatic rings. The van der Waals surface area contributed by atoms with E-state index in [0.717, 1.165) is 11.1 Å². The Labute approximate surface area is 182 Å². The zero-order valence-corrected chi connectivity index (χ0v) is 18.2. The summed E-state index contributed by atoms with van der Waals surface area (Å²) in [4.78, 5) is 27.6. The van der Waals surface area contributed by atoms with Crippen LogP contribution in [0.2, 0.25) is 0 Å². The Bertz CT molecular complexity index is 914. The number of rotatable bonds is 9. The summed E-state index contributed by atoms with van der Waals surface area (Å²) in [7, 11) is 0. The second kappa shape index (κ2) is 10.3. The van der Waals surface area contributed by atoms with E-state index in [0.29, 0.717) is 24.3 Å². The summed E-state index contributed by atoms with van der Waals surface area (Å²) >= 11 is 0. The monoisotopic (exact) mass is 428 g/mol. The number of nitrogens with zero attached hydrogens (tertiary/aromatic N) is 1. The maximum atomic E-state index is 13.3. The van der Waals surface area contributed by atoms with E-state index in [-0.39, 0.29) is 43.4 Å². The van der Waals surface area contributed by atoms with Gasteiger partial charge in [-0.2, -0.15) is 0 Å². The molecule has 166 valence electrons. The molecule has 0 radical (unpaired) electrons. The molecule has 0 saturated heterocycles. The number of hydrogen-bond donors (Lipinski definition) is 1. The molecule has 0 spiro atoms. The molecule has 3 rings (SSSR count).